The van der Waals surface area contributed by atoms with E-state index in [0.717, 1.165) is 12.1 Å². The van der Waals surface area contributed by atoms with Crippen molar-refractivity contribution in [3.05, 3.63) is 66.0 Å². The molecule has 0 amide bonds. The van der Waals surface area contributed by atoms with Gasteiger partial charge >= 0.3 is 12.1 Å². The van der Waals surface area contributed by atoms with Crippen LogP contribution < -0.4 is 10.1 Å². The molecule has 2 aromatic carbocycles. The van der Waals surface area contributed by atoms with Gasteiger partial charge < -0.3 is 9.47 Å². The van der Waals surface area contributed by atoms with Gasteiger partial charge in [-0.15, -0.1) is 5.10 Å². The number of hydrogen-bond acceptors (Lipinski definition) is 7. The van der Waals surface area contributed by atoms with Crippen LogP contribution in [-0.4, -0.2) is 45.4 Å². The van der Waals surface area contributed by atoms with E-state index in [1.165, 1.54) is 23.9 Å². The predicted octanol–water partition coefficient (Wildman–Crippen LogP) is 2.78. The van der Waals surface area contributed by atoms with Crippen LogP contribution in [0.15, 0.2) is 54.6 Å². The molecule has 1 heterocycles. The maximum absolute atomic E-state index is 12.8. The van der Waals surface area contributed by atoms with Gasteiger partial charge in [0.25, 0.3) is 0 Å². The third kappa shape index (κ3) is 5.37. The van der Waals surface area contributed by atoms with E-state index in [4.69, 9.17) is 9.47 Å². The molecule has 1 unspecified atom stereocenters. The van der Waals surface area contributed by atoms with E-state index in [-0.39, 0.29) is 19.0 Å². The monoisotopic (exact) mass is 435 g/mol. The summed E-state index contributed by atoms with van der Waals surface area (Å²) in [5, 5.41) is 14.3. The molecule has 0 fully saturated rings. The van der Waals surface area contributed by atoms with Crippen LogP contribution in [0, 0.1) is 0 Å². The molecule has 0 radical (unpaired) electrons. The molecule has 0 spiro atoms. The third-order valence-corrected chi connectivity index (χ3v) is 4.52. The molecule has 8 nitrogen and oxygen atoms in total. The van der Waals surface area contributed by atoms with Crippen LogP contribution in [-0.2, 0) is 22.3 Å². The molecule has 11 heteroatoms. The summed E-state index contributed by atoms with van der Waals surface area (Å²) in [6, 6.07) is 13.4. The highest BCUT2D eigenvalue weighted by atomic mass is 19.4. The van der Waals surface area contributed by atoms with Crippen molar-refractivity contribution in [2.45, 2.75) is 25.2 Å². The van der Waals surface area contributed by atoms with Crippen molar-refractivity contribution in [3.8, 4) is 11.4 Å². The highest BCUT2D eigenvalue weighted by Gasteiger charge is 2.36. The summed E-state index contributed by atoms with van der Waals surface area (Å²) in [6.07, 6.45) is -4.44. The van der Waals surface area contributed by atoms with Crippen molar-refractivity contribution in [1.82, 2.24) is 25.5 Å². The standard InChI is InChI=1S/C20H20F3N5O3/c1-19(18(29)30-2,13-31-16-6-4-3-5-7-16)24-12-17-25-26-27-28(17)15-10-8-14(9-11-15)20(21,22)23/h3-11,24H,12-13H2,1-2H3. The Morgan fingerprint density at radius 3 is 2.39 bits per heavy atom. The number of ether oxygens (including phenoxy) is 2. The van der Waals surface area contributed by atoms with E-state index in [1.54, 1.807) is 31.2 Å². The van der Waals surface area contributed by atoms with Crippen LogP contribution in [0.2, 0.25) is 0 Å². The number of esters is 1. The Balaban J connectivity index is 1.74. The lowest BCUT2D eigenvalue weighted by atomic mass is 10.0. The molecule has 1 N–H and O–H groups in total. The lowest BCUT2D eigenvalue weighted by Crippen LogP contribution is -2.54. The molecule has 1 aromatic heterocycles. The van der Waals surface area contributed by atoms with Gasteiger partial charge in [-0.2, -0.15) is 17.9 Å². The van der Waals surface area contributed by atoms with E-state index in [0.29, 0.717) is 11.4 Å². The summed E-state index contributed by atoms with van der Waals surface area (Å²) in [4.78, 5) is 12.4. The number of aromatic nitrogens is 4. The molecular formula is C20H20F3N5O3. The van der Waals surface area contributed by atoms with Gasteiger partial charge in [0.1, 0.15) is 17.9 Å². The average Bonchev–Trinajstić information content (AvgIpc) is 3.24. The Labute approximate surface area is 176 Å². The maximum Gasteiger partial charge on any atom is 0.416 e. The molecule has 0 aliphatic carbocycles. The highest BCUT2D eigenvalue weighted by Crippen LogP contribution is 2.29. The zero-order valence-electron chi connectivity index (χ0n) is 16.8. The minimum absolute atomic E-state index is 0.0256. The Hall–Kier alpha value is -3.47. The Kier molecular flexibility index (Phi) is 6.54. The van der Waals surface area contributed by atoms with Gasteiger partial charge in [-0.1, -0.05) is 18.2 Å². The van der Waals surface area contributed by atoms with Gasteiger partial charge in [0.2, 0.25) is 0 Å². The fourth-order valence-corrected chi connectivity index (χ4v) is 2.73. The normalized spacial score (nSPS) is 13.5. The van der Waals surface area contributed by atoms with E-state index in [9.17, 15) is 18.0 Å². The summed E-state index contributed by atoms with van der Waals surface area (Å²) in [6.45, 7) is 1.59. The zero-order chi connectivity index (χ0) is 22.5. The SMILES string of the molecule is COC(=O)C(C)(COc1ccccc1)NCc1nnnn1-c1ccc(C(F)(F)F)cc1. The smallest absolute Gasteiger partial charge is 0.416 e. The number of alkyl halides is 3. The Bertz CT molecular complexity index is 1010. The number of tetrazole rings is 1. The second kappa shape index (κ2) is 9.13. The highest BCUT2D eigenvalue weighted by molar-refractivity contribution is 5.80. The fraction of sp³-hybridized carbons (Fsp3) is 0.300. The first-order valence-electron chi connectivity index (χ1n) is 9.19. The van der Waals surface area contributed by atoms with Gasteiger partial charge in [-0.05, 0) is 53.7 Å². The van der Waals surface area contributed by atoms with Crippen LogP contribution in [0.3, 0.4) is 0 Å². The second-order valence-corrected chi connectivity index (χ2v) is 6.83. The van der Waals surface area contributed by atoms with E-state index < -0.39 is 23.2 Å². The van der Waals surface area contributed by atoms with Crippen molar-refractivity contribution in [2.24, 2.45) is 0 Å². The second-order valence-electron chi connectivity index (χ2n) is 6.83. The summed E-state index contributed by atoms with van der Waals surface area (Å²) in [5.74, 6) is 0.306. The number of carbonyl (C=O) groups excluding carboxylic acids is 1. The molecule has 31 heavy (non-hydrogen) atoms. The molecule has 0 aliphatic heterocycles. The first-order chi connectivity index (χ1) is 14.7. The van der Waals surface area contributed by atoms with Crippen LogP contribution >= 0.6 is 0 Å². The number of para-hydroxylation sites is 1. The molecule has 0 bridgehead atoms. The minimum atomic E-state index is -4.44. The molecule has 0 aliphatic rings. The minimum Gasteiger partial charge on any atom is -0.491 e. The molecular weight excluding hydrogens is 415 g/mol. The van der Waals surface area contributed by atoms with E-state index >= 15 is 0 Å². The number of methoxy groups -OCH3 is 1. The number of nitrogens with zero attached hydrogens (tertiary/aromatic N) is 4. The van der Waals surface area contributed by atoms with Crippen molar-refractivity contribution in [3.63, 3.8) is 0 Å². The van der Waals surface area contributed by atoms with Crippen molar-refractivity contribution >= 4 is 5.97 Å². The predicted molar refractivity (Wildman–Crippen MR) is 103 cm³/mol. The molecule has 0 saturated carbocycles. The number of benzene rings is 2. The average molecular weight is 435 g/mol. The molecule has 0 saturated heterocycles. The number of rotatable bonds is 8. The Morgan fingerprint density at radius 2 is 1.77 bits per heavy atom. The first kappa shape index (κ1) is 22.2. The largest absolute Gasteiger partial charge is 0.491 e. The topological polar surface area (TPSA) is 91.2 Å². The molecule has 1 atom stereocenters. The molecule has 164 valence electrons. The van der Waals surface area contributed by atoms with Crippen LogP contribution in [0.1, 0.15) is 18.3 Å². The van der Waals surface area contributed by atoms with Gasteiger partial charge in [-0.3, -0.25) is 5.32 Å². The van der Waals surface area contributed by atoms with Gasteiger partial charge in [0.05, 0.1) is 24.9 Å². The fourth-order valence-electron chi connectivity index (χ4n) is 2.73. The molecule has 3 rings (SSSR count). The lowest BCUT2D eigenvalue weighted by Gasteiger charge is -2.27. The van der Waals surface area contributed by atoms with Crippen LogP contribution in [0.5, 0.6) is 5.75 Å². The zero-order valence-corrected chi connectivity index (χ0v) is 16.8. The summed E-state index contributed by atoms with van der Waals surface area (Å²) < 4.78 is 50.2. The van der Waals surface area contributed by atoms with Crippen molar-refractivity contribution < 1.29 is 27.4 Å². The number of halogens is 3. The van der Waals surface area contributed by atoms with E-state index in [1.807, 2.05) is 6.07 Å². The summed E-state index contributed by atoms with van der Waals surface area (Å²) in [5.41, 5.74) is -1.67. The first-order valence-corrected chi connectivity index (χ1v) is 9.19. The number of hydrogen-bond donors (Lipinski definition) is 1. The third-order valence-electron chi connectivity index (χ3n) is 4.52. The molecule has 3 aromatic rings. The lowest BCUT2D eigenvalue weighted by molar-refractivity contribution is -0.149. The summed E-state index contributed by atoms with van der Waals surface area (Å²) in [7, 11) is 1.26. The number of carbonyl (C=O) groups is 1. The van der Waals surface area contributed by atoms with Crippen LogP contribution in [0.25, 0.3) is 5.69 Å². The summed E-state index contributed by atoms with van der Waals surface area (Å²) >= 11 is 0. The van der Waals surface area contributed by atoms with Crippen LogP contribution in [0.4, 0.5) is 13.2 Å². The number of nitrogens with one attached hydrogen (secondary N) is 1. The van der Waals surface area contributed by atoms with Crippen molar-refractivity contribution in [2.75, 3.05) is 13.7 Å². The Morgan fingerprint density at radius 1 is 1.10 bits per heavy atom. The quantitative estimate of drug-likeness (QED) is 0.544. The van der Waals surface area contributed by atoms with Gasteiger partial charge in [-0.25, -0.2) is 4.79 Å². The maximum atomic E-state index is 12.8. The van der Waals surface area contributed by atoms with Crippen molar-refractivity contribution in [1.29, 1.82) is 0 Å². The van der Waals surface area contributed by atoms with Gasteiger partial charge in [0.15, 0.2) is 5.82 Å². The van der Waals surface area contributed by atoms with Gasteiger partial charge in [0, 0.05) is 0 Å². The van der Waals surface area contributed by atoms with E-state index in [2.05, 4.69) is 20.8 Å².